The average Bonchev–Trinajstić information content (AvgIpc) is 3.11. The van der Waals surface area contributed by atoms with Crippen molar-refractivity contribution in [3.63, 3.8) is 0 Å². The Morgan fingerprint density at radius 2 is 0.909 bits per heavy atom. The number of hydrogen-bond acceptors (Lipinski definition) is 14. The summed E-state index contributed by atoms with van der Waals surface area (Å²) in [6, 6.07) is 0.650. The van der Waals surface area contributed by atoms with E-state index in [0.717, 1.165) is 46.5 Å². The minimum absolute atomic E-state index is 0. The molecule has 25 heteroatoms. The molecule has 5 heterocycles. The van der Waals surface area contributed by atoms with Gasteiger partial charge in [-0.15, -0.1) is 12.4 Å². The Kier molecular flexibility index (Phi) is 31.6. The number of ether oxygens (including phenoxy) is 2. The Bertz CT molecular complexity index is 1450. The van der Waals surface area contributed by atoms with Gasteiger partial charge in [-0.25, -0.2) is 55.3 Å². The van der Waals surface area contributed by atoms with Gasteiger partial charge in [0.1, 0.15) is 17.0 Å². The van der Waals surface area contributed by atoms with E-state index in [2.05, 4.69) is 15.1 Å². The number of carboxylic acids is 1. The molecule has 0 atom stereocenters. The first-order chi connectivity index (χ1) is 28.8. The molecule has 3 radical (unpaired) electrons. The van der Waals surface area contributed by atoms with Crippen LogP contribution in [0.1, 0.15) is 120 Å². The second-order valence-electron chi connectivity index (χ2n) is 18.1. The van der Waals surface area contributed by atoms with Crippen LogP contribution in [0.4, 0.5) is 35.9 Å². The zero-order chi connectivity index (χ0) is 48.4. The summed E-state index contributed by atoms with van der Waals surface area (Å²) in [5.74, 6) is -9.41. The summed E-state index contributed by atoms with van der Waals surface area (Å²) in [5.41, 5.74) is -0.952. The molecule has 2 amide bonds. The topological polar surface area (TPSA) is 187 Å². The summed E-state index contributed by atoms with van der Waals surface area (Å²) in [4.78, 5) is 77.5. The van der Waals surface area contributed by atoms with Gasteiger partial charge in [-0.1, -0.05) is 19.3 Å². The van der Waals surface area contributed by atoms with Crippen molar-refractivity contribution in [2.75, 3.05) is 65.4 Å². The molecular formula is C41H69BClF6N5NaO11. The number of hydrogen-bond donors (Lipinski definition) is 1. The van der Waals surface area contributed by atoms with E-state index in [1.165, 1.54) is 19.3 Å². The maximum atomic E-state index is 12.8. The number of likely N-dealkylation sites (tertiary alicyclic amines) is 4. The fourth-order valence-electron chi connectivity index (χ4n) is 6.50. The number of aliphatic carboxylic acids is 1. The van der Waals surface area contributed by atoms with Crippen molar-refractivity contribution in [3.05, 3.63) is 0 Å². The van der Waals surface area contributed by atoms with E-state index in [-0.39, 0.29) is 114 Å². The summed E-state index contributed by atoms with van der Waals surface area (Å²) < 4.78 is 84.1. The van der Waals surface area contributed by atoms with E-state index in [1.807, 2.05) is 51.3 Å². The molecule has 6 aliphatic rings. The van der Waals surface area contributed by atoms with Gasteiger partial charge >= 0.3 is 53.7 Å². The zero-order valence-corrected chi connectivity index (χ0v) is 42.9. The predicted octanol–water partition coefficient (Wildman–Crippen LogP) is 2.25. The maximum Gasteiger partial charge on any atom is 1.00 e. The predicted molar refractivity (Wildman–Crippen MR) is 228 cm³/mol. The number of halogens is 7. The van der Waals surface area contributed by atoms with Gasteiger partial charge in [0.2, 0.25) is 0 Å². The number of Topliss-reactive ketones (excluding diaryl/α,β-unsaturated/α-hetero) is 1. The molecule has 0 spiro atoms. The largest absolute Gasteiger partial charge is 1.00 e. The molecule has 0 bridgehead atoms. The standard InChI is InChI=1S/C13H22F2N2O2.C10H17NO3.C9H15F2N.C4H6O4.C3H5F2N.C2H4O2.B.ClH.Na/c1-12(2,3)19-11(18)16-6-4-10(5-7-16)17-8-13(14,15)9-17;1-10(2,3)14-9(13)11-6-4-8(12)5-7-11;10-9(11)6-12(7-9)8-4-2-1-3-5-8;1-3(5)7-8-4(2)6;4-3(5)1-6-2-3;1-2(3)4;;;/h10H,4-9H2,1-3H3;4-7H2,1-3H3;8H,1-7H2;1-2H3;6H,1-2H2;1H3,(H,3,4);;1H;/q;;;;;;;;+1/p-1. The zero-order valence-electron chi connectivity index (χ0n) is 40.1. The number of alkyl halides is 6. The number of nitrogens with zero attached hydrogens (tertiary/aromatic N) is 4. The summed E-state index contributed by atoms with van der Waals surface area (Å²) in [6.07, 6.45) is 7.81. The van der Waals surface area contributed by atoms with Crippen molar-refractivity contribution in [2.45, 2.75) is 161 Å². The number of carbonyl (C=O) groups excluding carboxylic acids is 6. The second kappa shape index (κ2) is 30.8. The molecule has 1 aliphatic carbocycles. The van der Waals surface area contributed by atoms with Crippen LogP contribution < -0.4 is 40.0 Å². The van der Waals surface area contributed by atoms with Crippen LogP contribution in [0.5, 0.6) is 0 Å². The third kappa shape index (κ3) is 31.5. The first-order valence-electron chi connectivity index (χ1n) is 21.1. The van der Waals surface area contributed by atoms with E-state index < -0.39 is 46.9 Å². The quantitative estimate of drug-likeness (QED) is 0.184. The number of rotatable bonds is 2. The molecular weight excluding hydrogens is 922 g/mol. The monoisotopic (exact) mass is 990 g/mol. The van der Waals surface area contributed by atoms with E-state index in [1.54, 1.807) is 9.80 Å². The molecule has 16 nitrogen and oxygen atoms in total. The normalized spacial score (nSPS) is 20.7. The van der Waals surface area contributed by atoms with Crippen molar-refractivity contribution >= 4 is 56.7 Å². The smallest absolute Gasteiger partial charge is 0.550 e. The van der Waals surface area contributed by atoms with Crippen molar-refractivity contribution in [2.24, 2.45) is 0 Å². The van der Waals surface area contributed by atoms with Gasteiger partial charge in [-0.2, -0.15) is 0 Å². The Labute approximate surface area is 415 Å². The Balaban J connectivity index is -0.000000759. The number of ketones is 1. The molecule has 5 aliphatic heterocycles. The van der Waals surface area contributed by atoms with E-state index in [9.17, 15) is 50.3 Å². The van der Waals surface area contributed by atoms with Gasteiger partial charge in [0.15, 0.2) is 0 Å². The van der Waals surface area contributed by atoms with E-state index in [4.69, 9.17) is 19.4 Å². The number of piperidine rings is 2. The Morgan fingerprint density at radius 3 is 1.17 bits per heavy atom. The van der Waals surface area contributed by atoms with Crippen LogP contribution in [0, 0.1) is 0 Å². The average molecular weight is 991 g/mol. The minimum Gasteiger partial charge on any atom is -0.550 e. The number of carbonyl (C=O) groups is 6. The van der Waals surface area contributed by atoms with E-state index >= 15 is 0 Å². The summed E-state index contributed by atoms with van der Waals surface area (Å²) >= 11 is 0. The Morgan fingerprint density at radius 1 is 0.606 bits per heavy atom. The molecule has 1 saturated carbocycles. The SMILES string of the molecule is CC(=O)OOC(C)=O.CC(=O)[O-].CC(C)(C)OC(=O)N1CCC(=O)CC1.CC(C)(C)OC(=O)N1CCC(N2CC(F)(F)C2)CC1.Cl.FC1(F)CN(C2CCCCC2)C1.FC1(F)CNC1.[B].[Na+]. The van der Waals surface area contributed by atoms with Crippen LogP contribution in [-0.4, -0.2) is 170 Å². The maximum absolute atomic E-state index is 12.8. The molecule has 1 N–H and O–H groups in total. The molecule has 0 aromatic rings. The third-order valence-corrected chi connectivity index (χ3v) is 9.48. The fourth-order valence-corrected chi connectivity index (χ4v) is 6.50. The van der Waals surface area contributed by atoms with Crippen molar-refractivity contribution in [1.29, 1.82) is 0 Å². The first kappa shape index (κ1) is 67.7. The molecule has 377 valence electrons. The summed E-state index contributed by atoms with van der Waals surface area (Å²) in [5, 5.41) is 11.3. The number of nitrogens with one attached hydrogen (secondary N) is 1. The minimum atomic E-state index is -2.51. The van der Waals surface area contributed by atoms with Gasteiger partial charge < -0.3 is 34.5 Å². The van der Waals surface area contributed by atoms with Crippen molar-refractivity contribution in [1.82, 2.24) is 24.9 Å². The van der Waals surface area contributed by atoms with Crippen molar-refractivity contribution < 1.29 is 109 Å². The van der Waals surface area contributed by atoms with E-state index in [0.29, 0.717) is 45.1 Å². The van der Waals surface area contributed by atoms with Gasteiger partial charge in [0.05, 0.1) is 39.3 Å². The fraction of sp³-hybridized carbons (Fsp3) is 0.854. The van der Waals surface area contributed by atoms with Crippen LogP contribution in [-0.2, 0) is 38.4 Å². The third-order valence-electron chi connectivity index (χ3n) is 9.48. The van der Waals surface area contributed by atoms with Gasteiger partial charge in [-0.05, 0) is 74.1 Å². The number of carboxylic acid groups (broad SMARTS) is 1. The molecule has 0 aromatic heterocycles. The van der Waals surface area contributed by atoms with Crippen molar-refractivity contribution in [3.8, 4) is 0 Å². The van der Waals surface area contributed by atoms with Crippen LogP contribution >= 0.6 is 12.4 Å². The van der Waals surface area contributed by atoms with Gasteiger partial charge in [0, 0.05) is 79.3 Å². The molecule has 0 unspecified atom stereocenters. The molecule has 6 fully saturated rings. The molecule has 6 rings (SSSR count). The molecule has 0 aromatic carbocycles. The summed E-state index contributed by atoms with van der Waals surface area (Å²) in [7, 11) is 0. The van der Waals surface area contributed by atoms with Crippen LogP contribution in [0.25, 0.3) is 0 Å². The number of amides is 2. The van der Waals surface area contributed by atoms with Crippen LogP contribution in [0.3, 0.4) is 0 Å². The van der Waals surface area contributed by atoms with Crippen LogP contribution in [0.15, 0.2) is 0 Å². The molecule has 66 heavy (non-hydrogen) atoms. The molecule has 5 saturated heterocycles. The Hall–Kier alpha value is -2.57. The summed E-state index contributed by atoms with van der Waals surface area (Å²) in [6.45, 7) is 15.9. The van der Waals surface area contributed by atoms with Gasteiger partial charge in [0.25, 0.3) is 17.8 Å². The first-order valence-corrected chi connectivity index (χ1v) is 21.1. The van der Waals surface area contributed by atoms with Crippen LogP contribution in [0.2, 0.25) is 0 Å². The second-order valence-corrected chi connectivity index (χ2v) is 18.1. The van der Waals surface area contributed by atoms with Gasteiger partial charge in [-0.3, -0.25) is 14.6 Å².